The lowest BCUT2D eigenvalue weighted by Gasteiger charge is -2.08. The molecule has 3 aromatic rings. The summed E-state index contributed by atoms with van der Waals surface area (Å²) in [4.78, 5) is 0. The van der Waals surface area contributed by atoms with Crippen LogP contribution in [0.3, 0.4) is 0 Å². The maximum atomic E-state index is 5.88. The van der Waals surface area contributed by atoms with Gasteiger partial charge in [-0.25, -0.2) is 0 Å². The molecule has 0 bridgehead atoms. The summed E-state index contributed by atoms with van der Waals surface area (Å²) in [7, 11) is 0. The molecule has 0 saturated carbocycles. The van der Waals surface area contributed by atoms with Crippen LogP contribution in [0.5, 0.6) is 5.75 Å². The fourth-order valence-corrected chi connectivity index (χ4v) is 2.52. The highest BCUT2D eigenvalue weighted by Crippen LogP contribution is 2.15. The van der Waals surface area contributed by atoms with Gasteiger partial charge in [0.1, 0.15) is 12.4 Å². The highest BCUT2D eigenvalue weighted by atomic mass is 35.5. The molecule has 0 unspecified atom stereocenters. The summed E-state index contributed by atoms with van der Waals surface area (Å²) in [6.07, 6.45) is 0. The van der Waals surface area contributed by atoms with E-state index in [9.17, 15) is 0 Å². The van der Waals surface area contributed by atoms with Crippen LogP contribution >= 0.6 is 11.6 Å². The average molecular weight is 338 g/mol. The van der Waals surface area contributed by atoms with Gasteiger partial charge < -0.3 is 10.1 Å². The largest absolute Gasteiger partial charge is 0.489 e. The van der Waals surface area contributed by atoms with Crippen LogP contribution < -0.4 is 10.1 Å². The minimum Gasteiger partial charge on any atom is -0.489 e. The van der Waals surface area contributed by atoms with Crippen molar-refractivity contribution in [3.05, 3.63) is 101 Å². The number of rotatable bonds is 7. The minimum absolute atomic E-state index is 0.544. The van der Waals surface area contributed by atoms with E-state index < -0.39 is 0 Å². The first kappa shape index (κ1) is 16.6. The zero-order valence-corrected chi connectivity index (χ0v) is 14.2. The predicted molar refractivity (Wildman–Crippen MR) is 99.2 cm³/mol. The third kappa shape index (κ3) is 5.12. The van der Waals surface area contributed by atoms with Gasteiger partial charge >= 0.3 is 0 Å². The second-order valence-electron chi connectivity index (χ2n) is 5.65. The molecule has 1 N–H and O–H groups in total. The van der Waals surface area contributed by atoms with Gasteiger partial charge in [-0.3, -0.25) is 0 Å². The van der Waals surface area contributed by atoms with E-state index in [4.69, 9.17) is 16.3 Å². The number of halogens is 1. The molecule has 0 fully saturated rings. The minimum atomic E-state index is 0.544. The van der Waals surface area contributed by atoms with Gasteiger partial charge in [0.2, 0.25) is 0 Å². The van der Waals surface area contributed by atoms with Crippen LogP contribution in [0.2, 0.25) is 5.02 Å². The van der Waals surface area contributed by atoms with Crippen LogP contribution in [-0.4, -0.2) is 0 Å². The van der Waals surface area contributed by atoms with Crippen LogP contribution in [0.1, 0.15) is 16.7 Å². The van der Waals surface area contributed by atoms with E-state index in [-0.39, 0.29) is 0 Å². The molecule has 0 atom stereocenters. The van der Waals surface area contributed by atoms with Crippen molar-refractivity contribution in [1.29, 1.82) is 0 Å². The first-order chi connectivity index (χ1) is 11.8. The lowest BCUT2D eigenvalue weighted by atomic mass is 10.2. The standard InChI is InChI=1S/C21H20ClNO/c22-20-10-6-19(7-11-20)16-24-21-12-8-18(9-13-21)15-23-14-17-4-2-1-3-5-17/h1-13,23H,14-16H2. The Morgan fingerprint density at radius 2 is 1.25 bits per heavy atom. The van der Waals surface area contributed by atoms with Crippen molar-refractivity contribution in [2.24, 2.45) is 0 Å². The predicted octanol–water partition coefficient (Wildman–Crippen LogP) is 5.21. The maximum absolute atomic E-state index is 5.88. The average Bonchev–Trinajstić information content (AvgIpc) is 2.63. The van der Waals surface area contributed by atoms with E-state index in [2.05, 4.69) is 41.7 Å². The van der Waals surface area contributed by atoms with Crippen LogP contribution in [0.15, 0.2) is 78.9 Å². The number of ether oxygens (including phenoxy) is 1. The van der Waals surface area contributed by atoms with Crippen molar-refractivity contribution in [1.82, 2.24) is 5.32 Å². The van der Waals surface area contributed by atoms with Crippen LogP contribution in [0.4, 0.5) is 0 Å². The SMILES string of the molecule is Clc1ccc(COc2ccc(CNCc3ccccc3)cc2)cc1. The molecule has 0 radical (unpaired) electrons. The van der Waals surface area contributed by atoms with Crippen LogP contribution in [0.25, 0.3) is 0 Å². The van der Waals surface area contributed by atoms with Gasteiger partial charge in [-0.05, 0) is 41.0 Å². The summed E-state index contributed by atoms with van der Waals surface area (Å²) < 4.78 is 5.80. The maximum Gasteiger partial charge on any atom is 0.119 e. The molecule has 0 aliphatic heterocycles. The lowest BCUT2D eigenvalue weighted by molar-refractivity contribution is 0.306. The Morgan fingerprint density at radius 3 is 1.92 bits per heavy atom. The van der Waals surface area contributed by atoms with Gasteiger partial charge in [-0.2, -0.15) is 0 Å². The molecule has 0 heterocycles. The molecule has 3 rings (SSSR count). The Bertz CT molecular complexity index is 739. The summed E-state index contributed by atoms with van der Waals surface area (Å²) in [5.74, 6) is 0.872. The number of hydrogen-bond acceptors (Lipinski definition) is 2. The Kier molecular flexibility index (Phi) is 5.89. The van der Waals surface area contributed by atoms with Crippen molar-refractivity contribution < 1.29 is 4.74 Å². The second-order valence-corrected chi connectivity index (χ2v) is 6.08. The molecule has 24 heavy (non-hydrogen) atoms. The molecular formula is C21H20ClNO. The Morgan fingerprint density at radius 1 is 0.667 bits per heavy atom. The summed E-state index contributed by atoms with van der Waals surface area (Å²) in [5.41, 5.74) is 3.64. The smallest absolute Gasteiger partial charge is 0.119 e. The molecular weight excluding hydrogens is 318 g/mol. The summed E-state index contributed by atoms with van der Waals surface area (Å²) in [6.45, 7) is 2.25. The zero-order chi connectivity index (χ0) is 16.6. The monoisotopic (exact) mass is 337 g/mol. The van der Waals surface area contributed by atoms with Crippen LogP contribution in [-0.2, 0) is 19.7 Å². The van der Waals surface area contributed by atoms with Gasteiger partial charge in [-0.15, -0.1) is 0 Å². The van der Waals surface area contributed by atoms with E-state index in [1.165, 1.54) is 11.1 Å². The van der Waals surface area contributed by atoms with Crippen molar-refractivity contribution in [3.8, 4) is 5.75 Å². The molecule has 0 spiro atoms. The fourth-order valence-electron chi connectivity index (χ4n) is 2.40. The van der Waals surface area contributed by atoms with Gasteiger partial charge in [-0.1, -0.05) is 66.2 Å². The third-order valence-corrected chi connectivity index (χ3v) is 4.00. The van der Waals surface area contributed by atoms with Crippen molar-refractivity contribution in [3.63, 3.8) is 0 Å². The number of benzene rings is 3. The summed E-state index contributed by atoms with van der Waals surface area (Å²) in [6, 6.07) is 26.3. The van der Waals surface area contributed by atoms with E-state index in [0.717, 1.165) is 29.4 Å². The normalized spacial score (nSPS) is 10.5. The first-order valence-electron chi connectivity index (χ1n) is 8.00. The summed E-state index contributed by atoms with van der Waals surface area (Å²) >= 11 is 5.88. The molecule has 3 heteroatoms. The second kappa shape index (κ2) is 8.53. The number of nitrogens with one attached hydrogen (secondary N) is 1. The van der Waals surface area contributed by atoms with E-state index >= 15 is 0 Å². The molecule has 0 aromatic heterocycles. The highest BCUT2D eigenvalue weighted by molar-refractivity contribution is 6.30. The van der Waals surface area contributed by atoms with E-state index in [1.54, 1.807) is 0 Å². The lowest BCUT2D eigenvalue weighted by Crippen LogP contribution is -2.12. The van der Waals surface area contributed by atoms with Gasteiger partial charge in [0.05, 0.1) is 0 Å². The molecule has 122 valence electrons. The summed E-state index contributed by atoms with van der Waals surface area (Å²) in [5, 5.41) is 4.19. The Labute approximate surface area is 148 Å². The Hall–Kier alpha value is -2.29. The van der Waals surface area contributed by atoms with Gasteiger partial charge in [0, 0.05) is 18.1 Å². The van der Waals surface area contributed by atoms with Gasteiger partial charge in [0.25, 0.3) is 0 Å². The van der Waals surface area contributed by atoms with E-state index in [0.29, 0.717) is 6.61 Å². The third-order valence-electron chi connectivity index (χ3n) is 3.74. The topological polar surface area (TPSA) is 21.3 Å². The molecule has 2 nitrogen and oxygen atoms in total. The highest BCUT2D eigenvalue weighted by Gasteiger charge is 1.98. The quantitative estimate of drug-likeness (QED) is 0.639. The Balaban J connectivity index is 1.45. The molecule has 0 aliphatic rings. The van der Waals surface area contributed by atoms with Crippen molar-refractivity contribution in [2.75, 3.05) is 0 Å². The zero-order valence-electron chi connectivity index (χ0n) is 13.4. The molecule has 3 aromatic carbocycles. The van der Waals surface area contributed by atoms with Crippen LogP contribution in [0, 0.1) is 0 Å². The van der Waals surface area contributed by atoms with E-state index in [1.807, 2.05) is 42.5 Å². The fraction of sp³-hybridized carbons (Fsp3) is 0.143. The molecule has 0 amide bonds. The number of hydrogen-bond donors (Lipinski definition) is 1. The van der Waals surface area contributed by atoms with Crippen molar-refractivity contribution in [2.45, 2.75) is 19.7 Å². The molecule has 0 saturated heterocycles. The van der Waals surface area contributed by atoms with Crippen molar-refractivity contribution >= 4 is 11.6 Å². The van der Waals surface area contributed by atoms with Gasteiger partial charge in [0.15, 0.2) is 0 Å². The first-order valence-corrected chi connectivity index (χ1v) is 8.38. The molecule has 0 aliphatic carbocycles.